The van der Waals surface area contributed by atoms with Gasteiger partial charge in [0.15, 0.2) is 0 Å². The van der Waals surface area contributed by atoms with Gasteiger partial charge in [-0.1, -0.05) is 12.8 Å². The van der Waals surface area contributed by atoms with E-state index in [2.05, 4.69) is 17.1 Å². The predicted molar refractivity (Wildman–Crippen MR) is 84.2 cm³/mol. The van der Waals surface area contributed by atoms with Crippen molar-refractivity contribution >= 4 is 17.7 Å². The molecule has 2 fully saturated rings. The van der Waals surface area contributed by atoms with Crippen molar-refractivity contribution in [1.29, 1.82) is 0 Å². The van der Waals surface area contributed by atoms with Gasteiger partial charge < -0.3 is 10.1 Å². The minimum absolute atomic E-state index is 0.0283. The molecule has 2 atom stereocenters. The first-order chi connectivity index (χ1) is 9.60. The maximum absolute atomic E-state index is 12.2. The van der Waals surface area contributed by atoms with E-state index in [1.165, 1.54) is 25.7 Å². The van der Waals surface area contributed by atoms with Crippen LogP contribution in [-0.4, -0.2) is 60.2 Å². The number of carbonyl (C=O) groups is 1. The second-order valence-corrected chi connectivity index (χ2v) is 7.20. The fourth-order valence-electron chi connectivity index (χ4n) is 3.59. The number of hydrogen-bond acceptors (Lipinski definition) is 4. The highest BCUT2D eigenvalue weighted by Gasteiger charge is 2.45. The Kier molecular flexibility index (Phi) is 5.75. The molecule has 1 saturated heterocycles. The summed E-state index contributed by atoms with van der Waals surface area (Å²) in [5.41, 5.74) is 0.150. The zero-order valence-electron chi connectivity index (χ0n) is 13.0. The Morgan fingerprint density at radius 2 is 1.85 bits per heavy atom. The minimum atomic E-state index is 0.0283. The summed E-state index contributed by atoms with van der Waals surface area (Å²) in [6.45, 7) is 7.80. The highest BCUT2D eigenvalue weighted by atomic mass is 32.2. The van der Waals surface area contributed by atoms with Crippen molar-refractivity contribution in [2.45, 2.75) is 56.4 Å². The molecule has 1 amide bonds. The number of morpholine rings is 1. The lowest BCUT2D eigenvalue weighted by Gasteiger charge is -2.47. The quantitative estimate of drug-likeness (QED) is 0.842. The standard InChI is InChI=1S/C15H28N2O2S/c1-12(20-3)14(18)16-13(2)15(6-4-5-7-15)17-8-10-19-11-9-17/h12-13H,4-11H2,1-3H3,(H,16,18)/t12-,13+/m1/s1. The van der Waals surface area contributed by atoms with Crippen molar-refractivity contribution in [2.24, 2.45) is 0 Å². The van der Waals surface area contributed by atoms with Crippen LogP contribution in [-0.2, 0) is 9.53 Å². The van der Waals surface area contributed by atoms with Gasteiger partial charge >= 0.3 is 0 Å². The molecule has 2 aliphatic rings. The van der Waals surface area contributed by atoms with E-state index in [0.29, 0.717) is 0 Å². The maximum atomic E-state index is 12.2. The minimum Gasteiger partial charge on any atom is -0.379 e. The van der Waals surface area contributed by atoms with Gasteiger partial charge in [0, 0.05) is 24.7 Å². The average molecular weight is 300 g/mol. The van der Waals surface area contributed by atoms with Crippen molar-refractivity contribution in [2.75, 3.05) is 32.6 Å². The van der Waals surface area contributed by atoms with Gasteiger partial charge in [0.25, 0.3) is 0 Å². The lowest BCUT2D eigenvalue weighted by molar-refractivity contribution is -0.122. The van der Waals surface area contributed by atoms with E-state index in [9.17, 15) is 4.79 Å². The summed E-state index contributed by atoms with van der Waals surface area (Å²) in [6, 6.07) is 0.213. The molecule has 0 aromatic heterocycles. The monoisotopic (exact) mass is 300 g/mol. The maximum Gasteiger partial charge on any atom is 0.233 e. The van der Waals surface area contributed by atoms with Gasteiger partial charge in [-0.3, -0.25) is 9.69 Å². The van der Waals surface area contributed by atoms with Crippen LogP contribution in [0.15, 0.2) is 0 Å². The van der Waals surface area contributed by atoms with Crippen molar-refractivity contribution in [3.05, 3.63) is 0 Å². The number of hydrogen-bond donors (Lipinski definition) is 1. The second-order valence-electron chi connectivity index (χ2n) is 6.02. The third-order valence-electron chi connectivity index (χ3n) is 5.00. The van der Waals surface area contributed by atoms with E-state index < -0.39 is 0 Å². The van der Waals surface area contributed by atoms with Crippen LogP contribution in [0.5, 0.6) is 0 Å². The summed E-state index contributed by atoms with van der Waals surface area (Å²) in [5, 5.41) is 3.30. The summed E-state index contributed by atoms with van der Waals surface area (Å²) in [6.07, 6.45) is 6.93. The summed E-state index contributed by atoms with van der Waals surface area (Å²) < 4.78 is 5.49. The first-order valence-corrected chi connectivity index (χ1v) is 9.05. The lowest BCUT2D eigenvalue weighted by Crippen LogP contribution is -2.62. The summed E-state index contributed by atoms with van der Waals surface area (Å²) in [4.78, 5) is 14.8. The largest absolute Gasteiger partial charge is 0.379 e. The molecule has 0 aromatic rings. The Morgan fingerprint density at radius 1 is 1.25 bits per heavy atom. The van der Waals surface area contributed by atoms with Gasteiger partial charge in [-0.05, 0) is 32.9 Å². The molecule has 1 heterocycles. The van der Waals surface area contributed by atoms with Gasteiger partial charge in [0.1, 0.15) is 0 Å². The van der Waals surface area contributed by atoms with Gasteiger partial charge in [-0.2, -0.15) is 11.8 Å². The molecule has 116 valence electrons. The topological polar surface area (TPSA) is 41.6 Å². The molecular weight excluding hydrogens is 272 g/mol. The van der Waals surface area contributed by atoms with Crippen LogP contribution in [0.2, 0.25) is 0 Å². The number of amides is 1. The first-order valence-electron chi connectivity index (χ1n) is 7.76. The highest BCUT2D eigenvalue weighted by Crippen LogP contribution is 2.38. The molecule has 2 rings (SSSR count). The smallest absolute Gasteiger partial charge is 0.233 e. The van der Waals surface area contributed by atoms with Crippen LogP contribution in [0.25, 0.3) is 0 Å². The zero-order chi connectivity index (χ0) is 14.6. The molecule has 0 unspecified atom stereocenters. The van der Waals surface area contributed by atoms with Crippen LogP contribution >= 0.6 is 11.8 Å². The van der Waals surface area contributed by atoms with Gasteiger partial charge in [0.2, 0.25) is 5.91 Å². The molecular formula is C15H28N2O2S. The number of carbonyl (C=O) groups excluding carboxylic acids is 1. The van der Waals surface area contributed by atoms with Crippen molar-refractivity contribution in [1.82, 2.24) is 10.2 Å². The first kappa shape index (κ1) is 16.1. The normalized spacial score (nSPS) is 26.1. The molecule has 1 N–H and O–H groups in total. The van der Waals surface area contributed by atoms with Gasteiger partial charge in [-0.15, -0.1) is 0 Å². The Hall–Kier alpha value is -0.260. The molecule has 0 spiro atoms. The molecule has 1 saturated carbocycles. The fraction of sp³-hybridized carbons (Fsp3) is 0.933. The van der Waals surface area contributed by atoms with Gasteiger partial charge in [-0.25, -0.2) is 0 Å². The van der Waals surface area contributed by atoms with E-state index >= 15 is 0 Å². The zero-order valence-corrected chi connectivity index (χ0v) is 13.8. The third-order valence-corrected chi connectivity index (χ3v) is 5.92. The SMILES string of the molecule is CS[C@H](C)C(=O)N[C@@H](C)C1(N2CCOCC2)CCCC1. The van der Waals surface area contributed by atoms with Crippen LogP contribution in [0, 0.1) is 0 Å². The summed E-state index contributed by atoms with van der Waals surface area (Å²) in [7, 11) is 0. The number of nitrogens with zero attached hydrogens (tertiary/aromatic N) is 1. The summed E-state index contributed by atoms with van der Waals surface area (Å²) >= 11 is 1.61. The molecule has 0 bridgehead atoms. The average Bonchev–Trinajstić information content (AvgIpc) is 2.98. The van der Waals surface area contributed by atoms with Crippen LogP contribution < -0.4 is 5.32 Å². The summed E-state index contributed by atoms with van der Waals surface area (Å²) in [5.74, 6) is 0.171. The van der Waals surface area contributed by atoms with E-state index in [1.54, 1.807) is 11.8 Å². The Balaban J connectivity index is 2.05. The molecule has 0 radical (unpaired) electrons. The molecule has 1 aliphatic heterocycles. The van der Waals surface area contributed by atoms with E-state index in [-0.39, 0.29) is 22.7 Å². The molecule has 20 heavy (non-hydrogen) atoms. The molecule has 1 aliphatic carbocycles. The van der Waals surface area contributed by atoms with Gasteiger partial charge in [0.05, 0.1) is 18.5 Å². The van der Waals surface area contributed by atoms with Crippen molar-refractivity contribution in [3.8, 4) is 0 Å². The molecule has 4 nitrogen and oxygen atoms in total. The Morgan fingerprint density at radius 3 is 2.40 bits per heavy atom. The van der Waals surface area contributed by atoms with E-state index in [0.717, 1.165) is 26.3 Å². The molecule has 5 heteroatoms. The van der Waals surface area contributed by atoms with Crippen LogP contribution in [0.1, 0.15) is 39.5 Å². The predicted octanol–water partition coefficient (Wildman–Crippen LogP) is 1.89. The van der Waals surface area contributed by atoms with Crippen LogP contribution in [0.4, 0.5) is 0 Å². The molecule has 0 aromatic carbocycles. The second kappa shape index (κ2) is 7.14. The van der Waals surface area contributed by atoms with Crippen LogP contribution in [0.3, 0.4) is 0 Å². The van der Waals surface area contributed by atoms with E-state index in [1.807, 2.05) is 13.2 Å². The number of thioether (sulfide) groups is 1. The van der Waals surface area contributed by atoms with Crippen molar-refractivity contribution < 1.29 is 9.53 Å². The highest BCUT2D eigenvalue weighted by molar-refractivity contribution is 7.99. The van der Waals surface area contributed by atoms with Crippen molar-refractivity contribution in [3.63, 3.8) is 0 Å². The number of ether oxygens (including phenoxy) is 1. The van der Waals surface area contributed by atoms with E-state index in [4.69, 9.17) is 4.74 Å². The Labute approximate surface area is 127 Å². The third kappa shape index (κ3) is 3.31. The lowest BCUT2D eigenvalue weighted by atomic mass is 9.86. The number of rotatable bonds is 5. The Bertz CT molecular complexity index is 326. The number of nitrogens with one attached hydrogen (secondary N) is 1. The fourth-order valence-corrected chi connectivity index (χ4v) is 3.87.